The van der Waals surface area contributed by atoms with E-state index in [1.807, 2.05) is 42.5 Å². The number of thiophene rings is 1. The molecule has 0 aliphatic heterocycles. The van der Waals surface area contributed by atoms with Gasteiger partial charge in [-0.3, -0.25) is 5.10 Å². The number of benzene rings is 3. The van der Waals surface area contributed by atoms with E-state index in [1.54, 1.807) is 0 Å². The molecule has 30 heavy (non-hydrogen) atoms. The van der Waals surface area contributed by atoms with Gasteiger partial charge in [-0.15, -0.1) is 11.3 Å². The van der Waals surface area contributed by atoms with Crippen molar-refractivity contribution in [1.29, 1.82) is 0 Å². The minimum absolute atomic E-state index is 0.176. The summed E-state index contributed by atoms with van der Waals surface area (Å²) in [4.78, 5) is 4.41. The summed E-state index contributed by atoms with van der Waals surface area (Å²) >= 11 is 1.16. The summed E-state index contributed by atoms with van der Waals surface area (Å²) in [6, 6.07) is 28.2. The number of nitrogens with zero attached hydrogens (tertiary/aromatic N) is 1. The zero-order valence-corrected chi connectivity index (χ0v) is 16.6. The smallest absolute Gasteiger partial charge is 0.176 e. The van der Waals surface area contributed by atoms with Crippen LogP contribution in [0.2, 0.25) is 0 Å². The Bertz CT molecular complexity index is 1510. The Labute approximate surface area is 175 Å². The number of hydrogen-bond acceptors (Lipinski definition) is 2. The number of H-pyrrole nitrogens is 2. The lowest BCUT2D eigenvalue weighted by atomic mass is 10.0. The molecular formula is C25H16FN3S. The molecule has 2 N–H and O–H groups in total. The van der Waals surface area contributed by atoms with Crippen molar-refractivity contribution in [2.75, 3.05) is 0 Å². The molecular weight excluding hydrogens is 393 g/mol. The number of aromatic amines is 2. The van der Waals surface area contributed by atoms with Crippen molar-refractivity contribution in [3.8, 4) is 33.0 Å². The maximum atomic E-state index is 13.6. The fourth-order valence-corrected chi connectivity index (χ4v) is 4.76. The molecule has 5 heteroatoms. The SMILES string of the molecule is Fc1ccc(-c2cccc3[nH]c(-c4n[nH]c5ccc(-c6ccccc6)cc45)cc23)s1. The van der Waals surface area contributed by atoms with Gasteiger partial charge in [0, 0.05) is 26.7 Å². The number of fused-ring (bicyclic) bond motifs is 2. The van der Waals surface area contributed by atoms with Crippen molar-refractivity contribution < 1.29 is 4.39 Å². The minimum Gasteiger partial charge on any atom is -0.353 e. The third-order valence-electron chi connectivity index (χ3n) is 5.43. The molecule has 6 aromatic rings. The van der Waals surface area contributed by atoms with Crippen LogP contribution < -0.4 is 0 Å². The van der Waals surface area contributed by atoms with Gasteiger partial charge in [-0.1, -0.05) is 48.5 Å². The second-order valence-electron chi connectivity index (χ2n) is 7.25. The first-order valence-corrected chi connectivity index (χ1v) is 10.5. The van der Waals surface area contributed by atoms with Gasteiger partial charge in [-0.25, -0.2) is 0 Å². The fraction of sp³-hybridized carbons (Fsp3) is 0. The van der Waals surface area contributed by atoms with Crippen LogP contribution >= 0.6 is 11.3 Å². The lowest BCUT2D eigenvalue weighted by Gasteiger charge is -2.02. The van der Waals surface area contributed by atoms with Crippen LogP contribution in [0.25, 0.3) is 54.8 Å². The van der Waals surface area contributed by atoms with E-state index < -0.39 is 0 Å². The molecule has 0 unspecified atom stereocenters. The molecule has 0 fully saturated rings. The van der Waals surface area contributed by atoms with Gasteiger partial charge in [-0.05, 0) is 47.5 Å². The van der Waals surface area contributed by atoms with Gasteiger partial charge in [0.1, 0.15) is 5.69 Å². The summed E-state index contributed by atoms with van der Waals surface area (Å²) < 4.78 is 13.6. The lowest BCUT2D eigenvalue weighted by Crippen LogP contribution is -1.80. The summed E-state index contributed by atoms with van der Waals surface area (Å²) in [5, 5.41) is 9.68. The van der Waals surface area contributed by atoms with E-state index in [1.165, 1.54) is 11.6 Å². The molecule has 3 nitrogen and oxygen atoms in total. The highest BCUT2D eigenvalue weighted by molar-refractivity contribution is 7.14. The first-order chi connectivity index (χ1) is 14.8. The van der Waals surface area contributed by atoms with E-state index in [0.29, 0.717) is 0 Å². The lowest BCUT2D eigenvalue weighted by molar-refractivity contribution is 0.657. The van der Waals surface area contributed by atoms with Crippen LogP contribution in [0.3, 0.4) is 0 Å². The van der Waals surface area contributed by atoms with Crippen molar-refractivity contribution in [2.45, 2.75) is 0 Å². The highest BCUT2D eigenvalue weighted by Gasteiger charge is 2.15. The first-order valence-electron chi connectivity index (χ1n) is 9.68. The molecule has 0 spiro atoms. The molecule has 0 aliphatic rings. The zero-order chi connectivity index (χ0) is 20.1. The van der Waals surface area contributed by atoms with E-state index in [0.717, 1.165) is 60.5 Å². The molecule has 3 aromatic carbocycles. The molecule has 0 radical (unpaired) electrons. The van der Waals surface area contributed by atoms with Crippen LogP contribution in [0, 0.1) is 5.13 Å². The monoisotopic (exact) mass is 409 g/mol. The minimum atomic E-state index is -0.176. The predicted octanol–water partition coefficient (Wildman–Crippen LogP) is 7.25. The summed E-state index contributed by atoms with van der Waals surface area (Å²) in [5.41, 5.74) is 7.15. The average Bonchev–Trinajstić information content (AvgIpc) is 3.51. The molecule has 3 heterocycles. The molecule has 0 amide bonds. The summed E-state index contributed by atoms with van der Waals surface area (Å²) in [6.45, 7) is 0. The highest BCUT2D eigenvalue weighted by atomic mass is 32.1. The Morgan fingerprint density at radius 3 is 2.47 bits per heavy atom. The topological polar surface area (TPSA) is 44.5 Å². The second-order valence-corrected chi connectivity index (χ2v) is 8.29. The average molecular weight is 409 g/mol. The third-order valence-corrected chi connectivity index (χ3v) is 6.33. The van der Waals surface area contributed by atoms with E-state index >= 15 is 0 Å². The molecule has 0 aliphatic carbocycles. The van der Waals surface area contributed by atoms with Gasteiger partial charge in [-0.2, -0.15) is 9.49 Å². The summed E-state index contributed by atoms with van der Waals surface area (Å²) in [7, 11) is 0. The number of aromatic nitrogens is 3. The Morgan fingerprint density at radius 1 is 0.733 bits per heavy atom. The molecule has 0 saturated heterocycles. The van der Waals surface area contributed by atoms with Crippen LogP contribution in [-0.2, 0) is 0 Å². The van der Waals surface area contributed by atoms with Crippen LogP contribution in [0.4, 0.5) is 4.39 Å². The molecule has 3 aromatic heterocycles. The van der Waals surface area contributed by atoms with Crippen LogP contribution in [0.5, 0.6) is 0 Å². The van der Waals surface area contributed by atoms with Crippen molar-refractivity contribution in [3.63, 3.8) is 0 Å². The number of nitrogens with one attached hydrogen (secondary N) is 2. The molecule has 0 saturated carbocycles. The number of halogens is 1. The maximum absolute atomic E-state index is 13.6. The van der Waals surface area contributed by atoms with Crippen molar-refractivity contribution in [3.05, 3.63) is 90.1 Å². The van der Waals surface area contributed by atoms with Gasteiger partial charge >= 0.3 is 0 Å². The van der Waals surface area contributed by atoms with Crippen molar-refractivity contribution >= 4 is 33.1 Å². The molecule has 144 valence electrons. The van der Waals surface area contributed by atoms with Crippen molar-refractivity contribution in [2.24, 2.45) is 0 Å². The Morgan fingerprint density at radius 2 is 1.63 bits per heavy atom. The van der Waals surface area contributed by atoms with Gasteiger partial charge in [0.25, 0.3) is 0 Å². The van der Waals surface area contributed by atoms with Gasteiger partial charge in [0.15, 0.2) is 5.13 Å². The third kappa shape index (κ3) is 2.75. The van der Waals surface area contributed by atoms with E-state index in [-0.39, 0.29) is 5.13 Å². The normalized spacial score (nSPS) is 11.5. The van der Waals surface area contributed by atoms with Crippen LogP contribution in [-0.4, -0.2) is 15.2 Å². The molecule has 0 bridgehead atoms. The second kappa shape index (κ2) is 6.68. The largest absolute Gasteiger partial charge is 0.353 e. The number of hydrogen-bond donors (Lipinski definition) is 2. The summed E-state index contributed by atoms with van der Waals surface area (Å²) in [6.07, 6.45) is 0. The maximum Gasteiger partial charge on any atom is 0.176 e. The highest BCUT2D eigenvalue weighted by Crippen LogP contribution is 2.37. The number of rotatable bonds is 3. The van der Waals surface area contributed by atoms with Gasteiger partial charge < -0.3 is 4.98 Å². The fourth-order valence-electron chi connectivity index (χ4n) is 3.99. The Hall–Kier alpha value is -3.70. The quantitative estimate of drug-likeness (QED) is 0.318. The molecule has 0 atom stereocenters. The van der Waals surface area contributed by atoms with E-state index in [2.05, 4.69) is 51.6 Å². The van der Waals surface area contributed by atoms with E-state index in [9.17, 15) is 4.39 Å². The Balaban J connectivity index is 1.52. The van der Waals surface area contributed by atoms with Crippen molar-refractivity contribution in [1.82, 2.24) is 15.2 Å². The zero-order valence-electron chi connectivity index (χ0n) is 15.8. The predicted molar refractivity (Wildman–Crippen MR) is 122 cm³/mol. The summed E-state index contributed by atoms with van der Waals surface area (Å²) in [5.74, 6) is 0. The van der Waals surface area contributed by atoms with Gasteiger partial charge in [0.2, 0.25) is 0 Å². The van der Waals surface area contributed by atoms with E-state index in [4.69, 9.17) is 0 Å². The molecule has 6 rings (SSSR count). The first kappa shape index (κ1) is 17.2. The van der Waals surface area contributed by atoms with Gasteiger partial charge in [0.05, 0.1) is 11.2 Å². The standard InChI is InChI=1S/C25H16FN3S/c26-24-12-11-23(30-24)17-7-4-8-20-18(17)14-22(27-20)25-19-13-16(9-10-21(19)28-29-25)15-5-2-1-3-6-15/h1-14,27H,(H,28,29). The van der Waals surface area contributed by atoms with Crippen LogP contribution in [0.1, 0.15) is 0 Å². The Kier molecular flexibility index (Phi) is 3.82. The van der Waals surface area contributed by atoms with Crippen LogP contribution in [0.15, 0.2) is 84.9 Å².